The van der Waals surface area contributed by atoms with E-state index in [1.165, 1.54) is 23.1 Å². The Kier molecular flexibility index (Phi) is 5.11. The standard InChI is InChI=1S/C16H14N6OS2/c1-10-11(2)25-15(13(10)6-17)20-14(23)8-24-16-21-19-9-22(16)12-4-3-5-18-7-12/h3-5,7,9H,8H2,1-2H3,(H,20,23). The van der Waals surface area contributed by atoms with E-state index in [1.54, 1.807) is 23.3 Å². The summed E-state index contributed by atoms with van der Waals surface area (Å²) in [7, 11) is 0. The van der Waals surface area contributed by atoms with E-state index in [-0.39, 0.29) is 11.7 Å². The average Bonchev–Trinajstić information content (AvgIpc) is 3.19. The highest BCUT2D eigenvalue weighted by Gasteiger charge is 2.16. The second kappa shape index (κ2) is 7.46. The number of amides is 1. The Morgan fingerprint density at radius 3 is 3.04 bits per heavy atom. The molecule has 3 aromatic heterocycles. The zero-order valence-electron chi connectivity index (χ0n) is 13.6. The van der Waals surface area contributed by atoms with Gasteiger partial charge in [-0.05, 0) is 31.5 Å². The molecule has 0 saturated heterocycles. The first-order valence-electron chi connectivity index (χ1n) is 7.33. The molecule has 7 nitrogen and oxygen atoms in total. The van der Waals surface area contributed by atoms with Crippen LogP contribution in [0, 0.1) is 25.2 Å². The van der Waals surface area contributed by atoms with E-state index in [4.69, 9.17) is 0 Å². The van der Waals surface area contributed by atoms with Gasteiger partial charge in [0.2, 0.25) is 5.91 Å². The fourth-order valence-electron chi connectivity index (χ4n) is 2.14. The van der Waals surface area contributed by atoms with Crippen LogP contribution in [0.4, 0.5) is 5.00 Å². The Morgan fingerprint density at radius 1 is 1.48 bits per heavy atom. The van der Waals surface area contributed by atoms with Gasteiger partial charge in [-0.2, -0.15) is 5.26 Å². The highest BCUT2D eigenvalue weighted by Crippen LogP contribution is 2.31. The summed E-state index contributed by atoms with van der Waals surface area (Å²) in [4.78, 5) is 17.3. The number of aryl methyl sites for hydroxylation is 1. The molecule has 1 amide bonds. The summed E-state index contributed by atoms with van der Waals surface area (Å²) in [5.41, 5.74) is 2.26. The topological polar surface area (TPSA) is 96.5 Å². The number of rotatable bonds is 5. The molecule has 0 fully saturated rings. The third-order valence-corrected chi connectivity index (χ3v) is 5.59. The molecule has 0 atom stereocenters. The predicted molar refractivity (Wildman–Crippen MR) is 97.0 cm³/mol. The Hall–Kier alpha value is -2.70. The lowest BCUT2D eigenvalue weighted by molar-refractivity contribution is -0.113. The van der Waals surface area contributed by atoms with Crippen molar-refractivity contribution in [2.45, 2.75) is 19.0 Å². The van der Waals surface area contributed by atoms with E-state index in [1.807, 2.05) is 26.0 Å². The molecule has 0 aliphatic carbocycles. The van der Waals surface area contributed by atoms with Crippen molar-refractivity contribution >= 4 is 34.0 Å². The van der Waals surface area contributed by atoms with Gasteiger partial charge in [-0.3, -0.25) is 14.3 Å². The summed E-state index contributed by atoms with van der Waals surface area (Å²) in [6.45, 7) is 3.81. The molecule has 3 rings (SSSR count). The van der Waals surface area contributed by atoms with Crippen LogP contribution in [0.5, 0.6) is 0 Å². The Bertz CT molecular complexity index is 941. The summed E-state index contributed by atoms with van der Waals surface area (Å²) >= 11 is 2.68. The third-order valence-electron chi connectivity index (χ3n) is 3.52. The molecule has 126 valence electrons. The number of nitriles is 1. The Labute approximate surface area is 152 Å². The smallest absolute Gasteiger partial charge is 0.235 e. The first-order valence-corrected chi connectivity index (χ1v) is 9.13. The maximum absolute atomic E-state index is 12.2. The lowest BCUT2D eigenvalue weighted by Gasteiger charge is -2.06. The molecule has 0 aromatic carbocycles. The van der Waals surface area contributed by atoms with E-state index in [0.717, 1.165) is 16.1 Å². The summed E-state index contributed by atoms with van der Waals surface area (Å²) in [5.74, 6) is -0.0247. The lowest BCUT2D eigenvalue weighted by Crippen LogP contribution is -2.14. The summed E-state index contributed by atoms with van der Waals surface area (Å²) in [6.07, 6.45) is 4.97. The van der Waals surface area contributed by atoms with Crippen molar-refractivity contribution in [3.05, 3.63) is 46.9 Å². The fraction of sp³-hybridized carbons (Fsp3) is 0.188. The van der Waals surface area contributed by atoms with Crippen molar-refractivity contribution in [1.82, 2.24) is 19.7 Å². The molecule has 0 bridgehead atoms. The van der Waals surface area contributed by atoms with Crippen molar-refractivity contribution in [1.29, 1.82) is 5.26 Å². The molecule has 0 unspecified atom stereocenters. The maximum Gasteiger partial charge on any atom is 0.235 e. The highest BCUT2D eigenvalue weighted by atomic mass is 32.2. The van der Waals surface area contributed by atoms with Crippen LogP contribution >= 0.6 is 23.1 Å². The predicted octanol–water partition coefficient (Wildman–Crippen LogP) is 2.94. The number of thioether (sulfide) groups is 1. The highest BCUT2D eigenvalue weighted by molar-refractivity contribution is 7.99. The van der Waals surface area contributed by atoms with Crippen molar-refractivity contribution in [2.75, 3.05) is 11.1 Å². The van der Waals surface area contributed by atoms with E-state index < -0.39 is 0 Å². The molecule has 0 radical (unpaired) electrons. The molecular formula is C16H14N6OS2. The summed E-state index contributed by atoms with van der Waals surface area (Å²) in [5, 5.41) is 21.2. The molecule has 25 heavy (non-hydrogen) atoms. The van der Waals surface area contributed by atoms with Gasteiger partial charge in [0.25, 0.3) is 0 Å². The largest absolute Gasteiger partial charge is 0.316 e. The van der Waals surface area contributed by atoms with Crippen molar-refractivity contribution < 1.29 is 4.79 Å². The minimum absolute atomic E-state index is 0.166. The van der Waals surface area contributed by atoms with Crippen LogP contribution in [0.15, 0.2) is 36.0 Å². The van der Waals surface area contributed by atoms with Gasteiger partial charge >= 0.3 is 0 Å². The maximum atomic E-state index is 12.2. The number of thiophene rings is 1. The van der Waals surface area contributed by atoms with Crippen LogP contribution in [0.1, 0.15) is 16.0 Å². The molecule has 1 N–H and O–H groups in total. The third kappa shape index (κ3) is 3.70. The van der Waals surface area contributed by atoms with E-state index in [9.17, 15) is 10.1 Å². The minimum Gasteiger partial charge on any atom is -0.316 e. The number of hydrogen-bond donors (Lipinski definition) is 1. The van der Waals surface area contributed by atoms with Crippen molar-refractivity contribution in [2.24, 2.45) is 0 Å². The summed E-state index contributed by atoms with van der Waals surface area (Å²) < 4.78 is 1.77. The normalized spacial score (nSPS) is 10.4. The van der Waals surface area contributed by atoms with Gasteiger partial charge in [0.15, 0.2) is 5.16 Å². The number of nitrogens with zero attached hydrogens (tertiary/aromatic N) is 5. The first-order chi connectivity index (χ1) is 12.1. The summed E-state index contributed by atoms with van der Waals surface area (Å²) in [6, 6.07) is 5.85. The molecule has 3 heterocycles. The van der Waals surface area contributed by atoms with Crippen LogP contribution in [0.2, 0.25) is 0 Å². The van der Waals surface area contributed by atoms with Crippen molar-refractivity contribution in [3.8, 4) is 11.8 Å². The molecule has 3 aromatic rings. The minimum atomic E-state index is -0.191. The van der Waals surface area contributed by atoms with Gasteiger partial charge in [0, 0.05) is 11.1 Å². The van der Waals surface area contributed by atoms with Crippen LogP contribution in [-0.4, -0.2) is 31.4 Å². The zero-order chi connectivity index (χ0) is 17.8. The SMILES string of the molecule is Cc1sc(NC(=O)CSc2nncn2-c2cccnc2)c(C#N)c1C. The zero-order valence-corrected chi connectivity index (χ0v) is 15.2. The number of carbonyl (C=O) groups is 1. The van der Waals surface area contributed by atoms with Gasteiger partial charge in [0.05, 0.1) is 23.2 Å². The molecule has 0 saturated carbocycles. The average molecular weight is 370 g/mol. The van der Waals surface area contributed by atoms with Gasteiger partial charge < -0.3 is 5.32 Å². The monoisotopic (exact) mass is 370 g/mol. The first kappa shape index (κ1) is 17.1. The molecule has 0 spiro atoms. The number of nitrogens with one attached hydrogen (secondary N) is 1. The molecule has 0 aliphatic rings. The fourth-order valence-corrected chi connectivity index (χ4v) is 3.89. The number of aromatic nitrogens is 4. The molecular weight excluding hydrogens is 356 g/mol. The molecule has 0 aliphatic heterocycles. The second-order valence-electron chi connectivity index (χ2n) is 5.13. The van der Waals surface area contributed by atoms with Crippen LogP contribution in [-0.2, 0) is 4.79 Å². The van der Waals surface area contributed by atoms with Crippen LogP contribution in [0.3, 0.4) is 0 Å². The van der Waals surface area contributed by atoms with Gasteiger partial charge in [-0.15, -0.1) is 21.5 Å². The lowest BCUT2D eigenvalue weighted by atomic mass is 10.2. The van der Waals surface area contributed by atoms with Gasteiger partial charge in [0.1, 0.15) is 17.4 Å². The van der Waals surface area contributed by atoms with E-state index >= 15 is 0 Å². The van der Waals surface area contributed by atoms with Crippen LogP contribution in [0.25, 0.3) is 5.69 Å². The van der Waals surface area contributed by atoms with E-state index in [0.29, 0.717) is 15.7 Å². The quantitative estimate of drug-likeness (QED) is 0.694. The number of carbonyl (C=O) groups excluding carboxylic acids is 1. The van der Waals surface area contributed by atoms with E-state index in [2.05, 4.69) is 26.6 Å². The van der Waals surface area contributed by atoms with Gasteiger partial charge in [-0.1, -0.05) is 11.8 Å². The number of pyridine rings is 1. The molecule has 9 heteroatoms. The number of anilines is 1. The van der Waals surface area contributed by atoms with Crippen molar-refractivity contribution in [3.63, 3.8) is 0 Å². The second-order valence-corrected chi connectivity index (χ2v) is 7.30. The van der Waals surface area contributed by atoms with Gasteiger partial charge in [-0.25, -0.2) is 0 Å². The van der Waals surface area contributed by atoms with Crippen LogP contribution < -0.4 is 5.32 Å². The number of hydrogen-bond acceptors (Lipinski definition) is 7. The Morgan fingerprint density at radius 2 is 2.32 bits per heavy atom. The Balaban J connectivity index is 1.68.